The molecule has 0 aliphatic heterocycles. The Bertz CT molecular complexity index is 1190. The minimum Gasteiger partial charge on any atom is -0.350 e. The highest BCUT2D eigenvalue weighted by atomic mass is 16.2. The summed E-state index contributed by atoms with van der Waals surface area (Å²) in [5, 5.41) is 10.4. The van der Waals surface area contributed by atoms with Crippen molar-refractivity contribution in [1.29, 1.82) is 0 Å². The quantitative estimate of drug-likeness (QED) is 0.443. The minimum absolute atomic E-state index is 0.0550. The summed E-state index contributed by atoms with van der Waals surface area (Å²) in [7, 11) is 0. The van der Waals surface area contributed by atoms with Gasteiger partial charge in [-0.2, -0.15) is 5.10 Å². The van der Waals surface area contributed by atoms with Crippen LogP contribution in [-0.2, 0) is 6.54 Å². The first kappa shape index (κ1) is 22.0. The summed E-state index contributed by atoms with van der Waals surface area (Å²) in [4.78, 5) is 25.2. The predicted molar refractivity (Wildman–Crippen MR) is 129 cm³/mol. The molecule has 33 heavy (non-hydrogen) atoms. The van der Waals surface area contributed by atoms with E-state index in [-0.39, 0.29) is 17.9 Å². The number of hydrogen-bond donors (Lipinski definition) is 2. The topological polar surface area (TPSA) is 76.0 Å². The van der Waals surface area contributed by atoms with Crippen LogP contribution in [0.2, 0.25) is 0 Å². The van der Waals surface area contributed by atoms with Crippen LogP contribution in [0, 0.1) is 0 Å². The number of nitrogens with one attached hydrogen (secondary N) is 2. The lowest BCUT2D eigenvalue weighted by Gasteiger charge is -2.10. The molecular weight excluding hydrogens is 412 g/mol. The van der Waals surface area contributed by atoms with Crippen molar-refractivity contribution in [2.75, 3.05) is 0 Å². The fraction of sp³-hybridized carbons (Fsp3) is 0.148. The van der Waals surface area contributed by atoms with E-state index in [1.807, 2.05) is 86.6 Å². The van der Waals surface area contributed by atoms with E-state index in [9.17, 15) is 9.59 Å². The molecule has 0 spiro atoms. The van der Waals surface area contributed by atoms with Crippen molar-refractivity contribution in [3.8, 4) is 16.9 Å². The molecule has 1 aromatic heterocycles. The second-order valence-electron chi connectivity index (χ2n) is 8.04. The molecular formula is C27H26N4O2. The summed E-state index contributed by atoms with van der Waals surface area (Å²) in [5.41, 5.74) is 4.41. The molecule has 0 aliphatic carbocycles. The van der Waals surface area contributed by atoms with Gasteiger partial charge in [0, 0.05) is 23.7 Å². The Morgan fingerprint density at radius 1 is 0.848 bits per heavy atom. The Morgan fingerprint density at radius 3 is 2.24 bits per heavy atom. The van der Waals surface area contributed by atoms with E-state index < -0.39 is 0 Å². The number of carbonyl (C=O) groups is 2. The van der Waals surface area contributed by atoms with Crippen LogP contribution in [0.5, 0.6) is 0 Å². The molecule has 4 rings (SSSR count). The highest BCUT2D eigenvalue weighted by molar-refractivity contribution is 5.95. The number of carbonyl (C=O) groups excluding carboxylic acids is 2. The summed E-state index contributed by atoms with van der Waals surface area (Å²) in [6.45, 7) is 4.13. The van der Waals surface area contributed by atoms with Gasteiger partial charge in [-0.05, 0) is 49.7 Å². The molecule has 4 aromatic rings. The third-order valence-corrected chi connectivity index (χ3v) is 5.07. The second kappa shape index (κ2) is 9.96. The Kier molecular flexibility index (Phi) is 6.64. The van der Waals surface area contributed by atoms with Crippen molar-refractivity contribution in [2.24, 2.45) is 0 Å². The monoisotopic (exact) mass is 438 g/mol. The Hall–Kier alpha value is -4.19. The van der Waals surface area contributed by atoms with Crippen LogP contribution in [0.3, 0.4) is 0 Å². The third kappa shape index (κ3) is 5.36. The number of para-hydroxylation sites is 1. The van der Waals surface area contributed by atoms with Crippen LogP contribution in [0.25, 0.3) is 16.9 Å². The summed E-state index contributed by atoms with van der Waals surface area (Å²) in [6.07, 6.45) is 0. The third-order valence-electron chi connectivity index (χ3n) is 5.07. The summed E-state index contributed by atoms with van der Waals surface area (Å²) < 4.78 is 1.78. The molecule has 0 unspecified atom stereocenters. The van der Waals surface area contributed by atoms with Gasteiger partial charge in [0.15, 0.2) is 5.69 Å². The van der Waals surface area contributed by atoms with Gasteiger partial charge in [-0.15, -0.1) is 0 Å². The molecule has 0 saturated heterocycles. The van der Waals surface area contributed by atoms with E-state index in [0.29, 0.717) is 17.8 Å². The predicted octanol–water partition coefficient (Wildman–Crippen LogP) is 4.61. The molecule has 0 atom stereocenters. The van der Waals surface area contributed by atoms with E-state index in [1.54, 1.807) is 22.9 Å². The molecule has 0 radical (unpaired) electrons. The number of amides is 2. The van der Waals surface area contributed by atoms with Crippen LogP contribution < -0.4 is 10.6 Å². The van der Waals surface area contributed by atoms with Crippen molar-refractivity contribution in [1.82, 2.24) is 20.4 Å². The summed E-state index contributed by atoms with van der Waals surface area (Å²) in [6, 6.07) is 28.7. The highest BCUT2D eigenvalue weighted by Crippen LogP contribution is 2.24. The Labute approximate surface area is 193 Å². The first-order valence-corrected chi connectivity index (χ1v) is 10.9. The average Bonchev–Trinajstić information content (AvgIpc) is 3.29. The maximum Gasteiger partial charge on any atom is 0.272 e. The number of aromatic nitrogens is 2. The van der Waals surface area contributed by atoms with Gasteiger partial charge in [-0.1, -0.05) is 60.7 Å². The van der Waals surface area contributed by atoms with E-state index in [0.717, 1.165) is 22.5 Å². The maximum absolute atomic E-state index is 12.9. The van der Waals surface area contributed by atoms with E-state index >= 15 is 0 Å². The lowest BCUT2D eigenvalue weighted by molar-refractivity contribution is 0.0938. The SMILES string of the molecule is CC(C)NC(=O)c1cccc(CNC(=O)c2cc(-c3ccccc3)n(-c3ccccc3)n2)c1. The van der Waals surface area contributed by atoms with Crippen molar-refractivity contribution in [2.45, 2.75) is 26.4 Å². The van der Waals surface area contributed by atoms with Gasteiger partial charge in [-0.3, -0.25) is 9.59 Å². The molecule has 2 N–H and O–H groups in total. The summed E-state index contributed by atoms with van der Waals surface area (Å²) in [5.74, 6) is -0.411. The highest BCUT2D eigenvalue weighted by Gasteiger charge is 2.17. The van der Waals surface area contributed by atoms with Crippen LogP contribution in [0.15, 0.2) is 91.0 Å². The largest absolute Gasteiger partial charge is 0.350 e. The zero-order chi connectivity index (χ0) is 23.2. The number of hydrogen-bond acceptors (Lipinski definition) is 3. The lowest BCUT2D eigenvalue weighted by Crippen LogP contribution is -2.30. The first-order chi connectivity index (χ1) is 16.0. The fourth-order valence-electron chi connectivity index (χ4n) is 3.51. The van der Waals surface area contributed by atoms with Gasteiger partial charge in [0.25, 0.3) is 11.8 Å². The van der Waals surface area contributed by atoms with Gasteiger partial charge >= 0.3 is 0 Å². The lowest BCUT2D eigenvalue weighted by atomic mass is 10.1. The second-order valence-corrected chi connectivity index (χ2v) is 8.04. The first-order valence-electron chi connectivity index (χ1n) is 10.9. The molecule has 2 amide bonds. The number of rotatable bonds is 7. The van der Waals surface area contributed by atoms with Gasteiger partial charge in [0.2, 0.25) is 0 Å². The van der Waals surface area contributed by atoms with Gasteiger partial charge in [0.1, 0.15) is 0 Å². The molecule has 0 saturated carbocycles. The smallest absolute Gasteiger partial charge is 0.272 e. The fourth-order valence-corrected chi connectivity index (χ4v) is 3.51. The molecule has 0 fully saturated rings. The minimum atomic E-state index is -0.279. The average molecular weight is 439 g/mol. The molecule has 166 valence electrons. The molecule has 0 aliphatic rings. The molecule has 6 heteroatoms. The number of nitrogens with zero attached hydrogens (tertiary/aromatic N) is 2. The summed E-state index contributed by atoms with van der Waals surface area (Å²) >= 11 is 0. The number of benzene rings is 3. The molecule has 6 nitrogen and oxygen atoms in total. The zero-order valence-corrected chi connectivity index (χ0v) is 18.7. The van der Waals surface area contributed by atoms with E-state index in [4.69, 9.17) is 0 Å². The Morgan fingerprint density at radius 2 is 1.55 bits per heavy atom. The van der Waals surface area contributed by atoms with Gasteiger partial charge in [-0.25, -0.2) is 4.68 Å². The van der Waals surface area contributed by atoms with Crippen molar-refractivity contribution >= 4 is 11.8 Å². The maximum atomic E-state index is 12.9. The van der Waals surface area contributed by atoms with Gasteiger partial charge in [0.05, 0.1) is 11.4 Å². The van der Waals surface area contributed by atoms with Crippen LogP contribution >= 0.6 is 0 Å². The molecule has 0 bridgehead atoms. The molecule has 3 aromatic carbocycles. The van der Waals surface area contributed by atoms with E-state index in [2.05, 4.69) is 15.7 Å². The van der Waals surface area contributed by atoms with Crippen molar-refractivity contribution < 1.29 is 9.59 Å². The van der Waals surface area contributed by atoms with Crippen LogP contribution in [0.1, 0.15) is 40.3 Å². The van der Waals surface area contributed by atoms with Crippen LogP contribution in [-0.4, -0.2) is 27.6 Å². The Balaban J connectivity index is 1.55. The normalized spacial score (nSPS) is 10.8. The van der Waals surface area contributed by atoms with Gasteiger partial charge < -0.3 is 10.6 Å². The molecule has 1 heterocycles. The van der Waals surface area contributed by atoms with Crippen molar-refractivity contribution in [3.63, 3.8) is 0 Å². The standard InChI is InChI=1S/C27H26N4O2/c1-19(2)29-26(32)22-13-9-10-20(16-22)18-28-27(33)24-17-25(21-11-5-3-6-12-21)31(30-24)23-14-7-4-8-15-23/h3-17,19H,18H2,1-2H3,(H,28,33)(H,29,32). The van der Waals surface area contributed by atoms with Crippen molar-refractivity contribution in [3.05, 3.63) is 108 Å². The van der Waals surface area contributed by atoms with E-state index in [1.165, 1.54) is 0 Å². The zero-order valence-electron chi connectivity index (χ0n) is 18.7. The van der Waals surface area contributed by atoms with Crippen LogP contribution in [0.4, 0.5) is 0 Å².